The van der Waals surface area contributed by atoms with Crippen molar-refractivity contribution >= 4 is 12.1 Å². The first-order valence-corrected chi connectivity index (χ1v) is 12.0. The molecule has 7 heteroatoms. The second kappa shape index (κ2) is 13.8. The summed E-state index contributed by atoms with van der Waals surface area (Å²) < 4.78 is 11.2. The first-order chi connectivity index (χ1) is 16.7. The maximum Gasteiger partial charge on any atom is 0.289 e. The van der Waals surface area contributed by atoms with Gasteiger partial charge in [0.05, 0.1) is 25.1 Å². The average molecular weight is 463 g/mol. The fourth-order valence-corrected chi connectivity index (χ4v) is 3.42. The van der Waals surface area contributed by atoms with E-state index in [1.165, 1.54) is 32.1 Å². The van der Waals surface area contributed by atoms with Crippen molar-refractivity contribution in [3.05, 3.63) is 65.9 Å². The van der Waals surface area contributed by atoms with Gasteiger partial charge in [0.1, 0.15) is 17.2 Å². The van der Waals surface area contributed by atoms with Crippen molar-refractivity contribution in [2.45, 2.75) is 52.4 Å². The summed E-state index contributed by atoms with van der Waals surface area (Å²) in [6.45, 7) is 5.52. The zero-order valence-corrected chi connectivity index (χ0v) is 20.0. The number of hydrogen-bond acceptors (Lipinski definition) is 5. The van der Waals surface area contributed by atoms with Crippen LogP contribution in [-0.2, 0) is 0 Å². The van der Waals surface area contributed by atoms with Gasteiger partial charge in [0.2, 0.25) is 0 Å². The molecule has 0 saturated carbocycles. The highest BCUT2D eigenvalue weighted by Crippen LogP contribution is 2.21. The van der Waals surface area contributed by atoms with Crippen LogP contribution < -0.4 is 14.9 Å². The molecule has 0 aliphatic rings. The Labute approximate surface area is 201 Å². The van der Waals surface area contributed by atoms with Gasteiger partial charge < -0.3 is 9.47 Å². The number of nitrogens with one attached hydrogen (secondary N) is 2. The molecule has 0 atom stereocenters. The quantitative estimate of drug-likeness (QED) is 0.175. The van der Waals surface area contributed by atoms with Gasteiger partial charge >= 0.3 is 0 Å². The van der Waals surface area contributed by atoms with Crippen molar-refractivity contribution < 1.29 is 14.3 Å². The molecule has 1 heterocycles. The Morgan fingerprint density at radius 2 is 1.62 bits per heavy atom. The van der Waals surface area contributed by atoms with Crippen molar-refractivity contribution in [3.63, 3.8) is 0 Å². The summed E-state index contributed by atoms with van der Waals surface area (Å²) in [5, 5.41) is 11.0. The lowest BCUT2D eigenvalue weighted by Gasteiger charge is -2.06. The number of unbranched alkanes of at least 4 members (excludes halogenated alkanes) is 5. The number of ether oxygens (including phenoxy) is 2. The molecule has 1 aromatic heterocycles. The van der Waals surface area contributed by atoms with Gasteiger partial charge in [-0.3, -0.25) is 9.89 Å². The highest BCUT2D eigenvalue weighted by atomic mass is 16.5. The number of carbonyl (C=O) groups is 1. The van der Waals surface area contributed by atoms with Gasteiger partial charge in [0, 0.05) is 5.56 Å². The van der Waals surface area contributed by atoms with Gasteiger partial charge in [-0.25, -0.2) is 5.43 Å². The van der Waals surface area contributed by atoms with E-state index in [0.29, 0.717) is 18.0 Å². The second-order valence-corrected chi connectivity index (χ2v) is 8.01. The molecule has 34 heavy (non-hydrogen) atoms. The maximum atomic E-state index is 12.4. The molecule has 0 saturated heterocycles. The molecule has 0 spiro atoms. The van der Waals surface area contributed by atoms with E-state index in [1.807, 2.05) is 55.5 Å². The standard InChI is InChI=1S/C27H34N4O3/c1-3-5-6-7-8-9-18-34-24-16-12-22(13-17-24)25-19-26(30-29-25)27(32)31-28-20-21-10-14-23(15-11-21)33-4-2/h10-17,19-20H,3-9,18H2,1-2H3,(H,29,30)(H,31,32). The third-order valence-corrected chi connectivity index (χ3v) is 5.31. The first kappa shape index (κ1) is 25.0. The van der Waals surface area contributed by atoms with Gasteiger partial charge in [-0.1, -0.05) is 39.0 Å². The monoisotopic (exact) mass is 462 g/mol. The van der Waals surface area contributed by atoms with Crippen molar-refractivity contribution in [1.29, 1.82) is 0 Å². The summed E-state index contributed by atoms with van der Waals surface area (Å²) in [6.07, 6.45) is 9.03. The Kier molecular flexibility index (Phi) is 10.2. The predicted octanol–water partition coefficient (Wildman–Crippen LogP) is 5.98. The van der Waals surface area contributed by atoms with Crippen LogP contribution in [0.2, 0.25) is 0 Å². The van der Waals surface area contributed by atoms with E-state index in [0.717, 1.165) is 35.7 Å². The van der Waals surface area contributed by atoms with Gasteiger partial charge in [-0.15, -0.1) is 0 Å². The summed E-state index contributed by atoms with van der Waals surface area (Å²) in [5.74, 6) is 1.28. The Bertz CT molecular complexity index is 1030. The van der Waals surface area contributed by atoms with Crippen molar-refractivity contribution in [2.75, 3.05) is 13.2 Å². The lowest BCUT2D eigenvalue weighted by Crippen LogP contribution is -2.17. The number of rotatable bonds is 14. The van der Waals surface area contributed by atoms with Crippen LogP contribution in [-0.4, -0.2) is 35.5 Å². The molecule has 3 rings (SSSR count). The van der Waals surface area contributed by atoms with Crippen LogP contribution in [0.15, 0.2) is 59.7 Å². The summed E-state index contributed by atoms with van der Waals surface area (Å²) in [7, 11) is 0. The van der Waals surface area contributed by atoms with Crippen LogP contribution in [0.3, 0.4) is 0 Å². The summed E-state index contributed by atoms with van der Waals surface area (Å²) in [4.78, 5) is 12.4. The van der Waals surface area contributed by atoms with Crippen LogP contribution in [0, 0.1) is 0 Å². The van der Waals surface area contributed by atoms with Crippen molar-refractivity contribution in [1.82, 2.24) is 15.6 Å². The zero-order valence-electron chi connectivity index (χ0n) is 20.0. The number of nitrogens with zero attached hydrogens (tertiary/aromatic N) is 2. The Morgan fingerprint density at radius 1 is 0.941 bits per heavy atom. The van der Waals surface area contributed by atoms with E-state index in [1.54, 1.807) is 12.3 Å². The first-order valence-electron chi connectivity index (χ1n) is 12.0. The number of hydrogen-bond donors (Lipinski definition) is 2. The van der Waals surface area contributed by atoms with Crippen LogP contribution in [0.25, 0.3) is 11.3 Å². The maximum absolute atomic E-state index is 12.4. The average Bonchev–Trinajstić information content (AvgIpc) is 3.36. The van der Waals surface area contributed by atoms with E-state index >= 15 is 0 Å². The Morgan fingerprint density at radius 3 is 2.35 bits per heavy atom. The number of hydrazone groups is 1. The van der Waals surface area contributed by atoms with Crippen LogP contribution >= 0.6 is 0 Å². The van der Waals surface area contributed by atoms with Crippen LogP contribution in [0.4, 0.5) is 0 Å². The highest BCUT2D eigenvalue weighted by molar-refractivity contribution is 5.94. The number of H-pyrrole nitrogens is 1. The topological polar surface area (TPSA) is 88.6 Å². The lowest BCUT2D eigenvalue weighted by molar-refractivity contribution is 0.0950. The second-order valence-electron chi connectivity index (χ2n) is 8.01. The molecule has 180 valence electrons. The minimum atomic E-state index is -0.361. The normalized spacial score (nSPS) is 11.0. The van der Waals surface area contributed by atoms with Gasteiger partial charge in [0.15, 0.2) is 0 Å². The molecular formula is C27H34N4O3. The number of carbonyl (C=O) groups excluding carboxylic acids is 1. The number of aromatic nitrogens is 2. The molecular weight excluding hydrogens is 428 g/mol. The van der Waals surface area contributed by atoms with E-state index in [9.17, 15) is 4.79 Å². The number of amides is 1. The zero-order chi connectivity index (χ0) is 24.0. The molecule has 7 nitrogen and oxygen atoms in total. The van der Waals surface area contributed by atoms with Gasteiger partial charge in [0.25, 0.3) is 5.91 Å². The molecule has 0 unspecified atom stereocenters. The Hall–Kier alpha value is -3.61. The fraction of sp³-hybridized carbons (Fsp3) is 0.370. The van der Waals surface area contributed by atoms with Crippen LogP contribution in [0.5, 0.6) is 11.5 Å². The molecule has 2 aromatic carbocycles. The smallest absolute Gasteiger partial charge is 0.289 e. The molecule has 0 aliphatic carbocycles. The van der Waals surface area contributed by atoms with Gasteiger partial charge in [-0.05, 0) is 73.5 Å². The lowest BCUT2D eigenvalue weighted by atomic mass is 10.1. The number of aromatic amines is 1. The minimum absolute atomic E-state index is 0.335. The van der Waals surface area contributed by atoms with E-state index < -0.39 is 0 Å². The molecule has 0 bridgehead atoms. The molecule has 0 radical (unpaired) electrons. The van der Waals surface area contributed by atoms with Crippen LogP contribution in [0.1, 0.15) is 68.4 Å². The Balaban J connectivity index is 1.45. The minimum Gasteiger partial charge on any atom is -0.494 e. The summed E-state index contributed by atoms with van der Waals surface area (Å²) in [6, 6.07) is 16.9. The SMILES string of the molecule is CCCCCCCCOc1ccc(-c2cc(C(=O)NN=Cc3ccc(OCC)cc3)[nH]n2)cc1. The predicted molar refractivity (Wildman–Crippen MR) is 136 cm³/mol. The molecule has 3 aromatic rings. The number of benzene rings is 2. The third-order valence-electron chi connectivity index (χ3n) is 5.31. The van der Waals surface area contributed by atoms with E-state index in [-0.39, 0.29) is 5.91 Å². The highest BCUT2D eigenvalue weighted by Gasteiger charge is 2.10. The summed E-state index contributed by atoms with van der Waals surface area (Å²) in [5.41, 5.74) is 5.29. The molecule has 2 N–H and O–H groups in total. The van der Waals surface area contributed by atoms with E-state index in [2.05, 4.69) is 27.6 Å². The summed E-state index contributed by atoms with van der Waals surface area (Å²) >= 11 is 0. The fourth-order valence-electron chi connectivity index (χ4n) is 3.42. The molecule has 0 aliphatic heterocycles. The molecule has 0 fully saturated rings. The van der Waals surface area contributed by atoms with Gasteiger partial charge in [-0.2, -0.15) is 10.2 Å². The van der Waals surface area contributed by atoms with E-state index in [4.69, 9.17) is 9.47 Å². The van der Waals surface area contributed by atoms with Crippen molar-refractivity contribution in [3.8, 4) is 22.8 Å². The largest absolute Gasteiger partial charge is 0.494 e. The van der Waals surface area contributed by atoms with Crippen molar-refractivity contribution in [2.24, 2.45) is 5.10 Å². The molecule has 1 amide bonds. The third kappa shape index (κ3) is 8.06.